The fraction of sp³-hybridized carbons (Fsp3) is 0.182. The van der Waals surface area contributed by atoms with E-state index in [4.69, 9.17) is 9.47 Å². The average Bonchev–Trinajstić information content (AvgIpc) is 2.70. The second-order valence-corrected chi connectivity index (χ2v) is 5.88. The van der Waals surface area contributed by atoms with E-state index in [9.17, 15) is 4.79 Å². The van der Waals surface area contributed by atoms with Gasteiger partial charge in [0.25, 0.3) is 0 Å². The van der Waals surface area contributed by atoms with E-state index < -0.39 is 5.97 Å². The molecule has 0 N–H and O–H groups in total. The Morgan fingerprint density at radius 1 is 0.846 bits per heavy atom. The van der Waals surface area contributed by atoms with Crippen molar-refractivity contribution in [3.8, 4) is 22.6 Å². The Kier molecular flexibility index (Phi) is 5.99. The molecule has 3 aromatic rings. The lowest BCUT2D eigenvalue weighted by Crippen LogP contribution is -2.08. The van der Waals surface area contributed by atoms with Crippen molar-refractivity contribution in [1.82, 2.24) is 4.98 Å². The van der Waals surface area contributed by atoms with Gasteiger partial charge in [-0.3, -0.25) is 4.98 Å². The van der Waals surface area contributed by atoms with Gasteiger partial charge in [0.1, 0.15) is 11.5 Å². The fourth-order valence-electron chi connectivity index (χ4n) is 2.45. The van der Waals surface area contributed by atoms with Gasteiger partial charge >= 0.3 is 5.97 Å². The van der Waals surface area contributed by atoms with Gasteiger partial charge in [0.05, 0.1) is 12.2 Å². The van der Waals surface area contributed by atoms with Crippen LogP contribution in [0.2, 0.25) is 0 Å². The SMILES string of the molecule is CCCCOc1ccc(-c2ccc(OC(=O)c3ccncc3)cc2)cc1. The van der Waals surface area contributed by atoms with E-state index in [0.717, 1.165) is 36.3 Å². The van der Waals surface area contributed by atoms with Gasteiger partial charge in [-0.15, -0.1) is 0 Å². The molecule has 0 aliphatic rings. The minimum Gasteiger partial charge on any atom is -0.494 e. The molecule has 0 saturated heterocycles. The van der Waals surface area contributed by atoms with Crippen LogP contribution in [-0.2, 0) is 0 Å². The lowest BCUT2D eigenvalue weighted by molar-refractivity contribution is 0.0734. The van der Waals surface area contributed by atoms with Crippen molar-refractivity contribution in [3.05, 3.63) is 78.6 Å². The lowest BCUT2D eigenvalue weighted by Gasteiger charge is -2.08. The zero-order valence-corrected chi connectivity index (χ0v) is 14.7. The minimum absolute atomic E-state index is 0.395. The molecule has 0 aliphatic heterocycles. The van der Waals surface area contributed by atoms with E-state index in [2.05, 4.69) is 11.9 Å². The van der Waals surface area contributed by atoms with Crippen LogP contribution in [0.5, 0.6) is 11.5 Å². The number of nitrogens with zero attached hydrogens (tertiary/aromatic N) is 1. The van der Waals surface area contributed by atoms with Crippen molar-refractivity contribution in [1.29, 1.82) is 0 Å². The highest BCUT2D eigenvalue weighted by atomic mass is 16.5. The maximum absolute atomic E-state index is 12.1. The normalized spacial score (nSPS) is 10.3. The Balaban J connectivity index is 1.63. The highest BCUT2D eigenvalue weighted by Gasteiger charge is 2.08. The van der Waals surface area contributed by atoms with Gasteiger partial charge < -0.3 is 9.47 Å². The smallest absolute Gasteiger partial charge is 0.343 e. The first-order valence-electron chi connectivity index (χ1n) is 8.72. The van der Waals surface area contributed by atoms with Gasteiger partial charge in [0, 0.05) is 12.4 Å². The molecule has 1 aromatic heterocycles. The molecule has 0 saturated carbocycles. The van der Waals surface area contributed by atoms with Gasteiger partial charge in [-0.05, 0) is 53.9 Å². The van der Waals surface area contributed by atoms with Gasteiger partial charge in [-0.25, -0.2) is 4.79 Å². The van der Waals surface area contributed by atoms with Crippen LogP contribution < -0.4 is 9.47 Å². The maximum atomic E-state index is 12.1. The van der Waals surface area contributed by atoms with Crippen molar-refractivity contribution in [2.45, 2.75) is 19.8 Å². The number of rotatable bonds is 7. The molecular formula is C22H21NO3. The Labute approximate surface area is 153 Å². The van der Waals surface area contributed by atoms with Crippen molar-refractivity contribution in [2.24, 2.45) is 0 Å². The second-order valence-electron chi connectivity index (χ2n) is 5.88. The number of hydrogen-bond donors (Lipinski definition) is 0. The Bertz CT molecular complexity index is 828. The van der Waals surface area contributed by atoms with E-state index in [1.54, 1.807) is 36.7 Å². The molecular weight excluding hydrogens is 326 g/mol. The molecule has 26 heavy (non-hydrogen) atoms. The lowest BCUT2D eigenvalue weighted by atomic mass is 10.1. The molecule has 0 fully saturated rings. The molecule has 0 spiro atoms. The molecule has 0 atom stereocenters. The fourth-order valence-corrected chi connectivity index (χ4v) is 2.45. The topological polar surface area (TPSA) is 48.4 Å². The van der Waals surface area contributed by atoms with E-state index in [0.29, 0.717) is 11.3 Å². The number of ether oxygens (including phenoxy) is 2. The van der Waals surface area contributed by atoms with Gasteiger partial charge in [-0.1, -0.05) is 37.6 Å². The molecule has 0 radical (unpaired) electrons. The largest absolute Gasteiger partial charge is 0.494 e. The summed E-state index contributed by atoms with van der Waals surface area (Å²) in [4.78, 5) is 15.9. The molecule has 0 aliphatic carbocycles. The van der Waals surface area contributed by atoms with Crippen molar-refractivity contribution < 1.29 is 14.3 Å². The summed E-state index contributed by atoms with van der Waals surface area (Å²) in [5.41, 5.74) is 2.61. The number of pyridine rings is 1. The molecule has 4 nitrogen and oxygen atoms in total. The summed E-state index contributed by atoms with van der Waals surface area (Å²) in [6.07, 6.45) is 5.31. The maximum Gasteiger partial charge on any atom is 0.343 e. The van der Waals surface area contributed by atoms with Crippen LogP contribution in [0.3, 0.4) is 0 Å². The van der Waals surface area contributed by atoms with Crippen molar-refractivity contribution in [2.75, 3.05) is 6.61 Å². The predicted octanol–water partition coefficient (Wildman–Crippen LogP) is 5.15. The van der Waals surface area contributed by atoms with E-state index >= 15 is 0 Å². The van der Waals surface area contributed by atoms with Crippen LogP contribution in [0.1, 0.15) is 30.1 Å². The second kappa shape index (κ2) is 8.81. The summed E-state index contributed by atoms with van der Waals surface area (Å²) in [7, 11) is 0. The van der Waals surface area contributed by atoms with Crippen LogP contribution in [0, 0.1) is 0 Å². The highest BCUT2D eigenvalue weighted by molar-refractivity contribution is 5.90. The molecule has 0 unspecified atom stereocenters. The number of unbranched alkanes of at least 4 members (excludes halogenated alkanes) is 1. The Morgan fingerprint density at radius 3 is 2.00 bits per heavy atom. The zero-order valence-electron chi connectivity index (χ0n) is 14.7. The molecule has 3 rings (SSSR count). The minimum atomic E-state index is -0.395. The van der Waals surface area contributed by atoms with Crippen molar-refractivity contribution in [3.63, 3.8) is 0 Å². The van der Waals surface area contributed by atoms with Crippen LogP contribution in [0.25, 0.3) is 11.1 Å². The standard InChI is InChI=1S/C22H21NO3/c1-2-3-16-25-20-8-4-17(5-9-20)18-6-10-21(11-7-18)26-22(24)19-12-14-23-15-13-19/h4-15H,2-3,16H2,1H3. The third kappa shape index (κ3) is 4.70. The average molecular weight is 347 g/mol. The first-order valence-corrected chi connectivity index (χ1v) is 8.72. The van der Waals surface area contributed by atoms with Crippen LogP contribution >= 0.6 is 0 Å². The van der Waals surface area contributed by atoms with Crippen LogP contribution in [0.15, 0.2) is 73.1 Å². The Hall–Kier alpha value is -3.14. The third-order valence-corrected chi connectivity index (χ3v) is 3.94. The number of carbonyl (C=O) groups is 1. The zero-order chi connectivity index (χ0) is 18.2. The number of hydrogen-bond acceptors (Lipinski definition) is 4. The van der Waals surface area contributed by atoms with E-state index in [1.165, 1.54) is 0 Å². The number of benzene rings is 2. The molecule has 0 bridgehead atoms. The van der Waals surface area contributed by atoms with Gasteiger partial charge in [0.2, 0.25) is 0 Å². The highest BCUT2D eigenvalue weighted by Crippen LogP contribution is 2.25. The number of esters is 1. The predicted molar refractivity (Wildman–Crippen MR) is 101 cm³/mol. The van der Waals surface area contributed by atoms with Gasteiger partial charge in [-0.2, -0.15) is 0 Å². The third-order valence-electron chi connectivity index (χ3n) is 3.94. The summed E-state index contributed by atoms with van der Waals surface area (Å²) in [5.74, 6) is 0.994. The molecule has 4 heteroatoms. The molecule has 2 aromatic carbocycles. The van der Waals surface area contributed by atoms with Gasteiger partial charge in [0.15, 0.2) is 0 Å². The van der Waals surface area contributed by atoms with E-state index in [-0.39, 0.29) is 0 Å². The first-order chi connectivity index (χ1) is 12.8. The first kappa shape index (κ1) is 17.7. The quantitative estimate of drug-likeness (QED) is 0.337. The summed E-state index contributed by atoms with van der Waals surface area (Å²) in [6, 6.07) is 18.7. The summed E-state index contributed by atoms with van der Waals surface area (Å²) in [5, 5.41) is 0. The van der Waals surface area contributed by atoms with E-state index in [1.807, 2.05) is 36.4 Å². The molecule has 132 valence electrons. The summed E-state index contributed by atoms with van der Waals surface area (Å²) >= 11 is 0. The Morgan fingerprint density at radius 2 is 1.42 bits per heavy atom. The number of aromatic nitrogens is 1. The molecule has 1 heterocycles. The summed E-state index contributed by atoms with van der Waals surface area (Å²) < 4.78 is 11.1. The monoisotopic (exact) mass is 347 g/mol. The van der Waals surface area contributed by atoms with Crippen molar-refractivity contribution >= 4 is 5.97 Å². The number of carbonyl (C=O) groups excluding carboxylic acids is 1. The van der Waals surface area contributed by atoms with Crippen LogP contribution in [0.4, 0.5) is 0 Å². The molecule has 0 amide bonds. The van der Waals surface area contributed by atoms with Crippen LogP contribution in [-0.4, -0.2) is 17.6 Å². The summed E-state index contributed by atoms with van der Waals surface area (Å²) in [6.45, 7) is 2.89.